The van der Waals surface area contributed by atoms with Crippen molar-refractivity contribution >= 4 is 23.5 Å². The van der Waals surface area contributed by atoms with Gasteiger partial charge in [0.05, 0.1) is 20.1 Å². The lowest BCUT2D eigenvalue weighted by Gasteiger charge is -2.11. The Morgan fingerprint density at radius 3 is 2.25 bits per heavy atom. The SMILES string of the molecule is CCOc1ccc(C(=O)Nc2ccc(C(=O)NCCC(=O)O)cc2)cc1OC. The zero-order chi connectivity index (χ0) is 20.5. The highest BCUT2D eigenvalue weighted by Gasteiger charge is 2.12. The van der Waals surface area contributed by atoms with Crippen molar-refractivity contribution in [2.24, 2.45) is 0 Å². The predicted octanol–water partition coefficient (Wildman–Crippen LogP) is 2.55. The molecule has 2 aromatic rings. The Balaban J connectivity index is 2.00. The van der Waals surface area contributed by atoms with Crippen LogP contribution in [0.15, 0.2) is 42.5 Å². The van der Waals surface area contributed by atoms with E-state index in [1.807, 2.05) is 6.92 Å². The average molecular weight is 386 g/mol. The number of carbonyl (C=O) groups excluding carboxylic acids is 2. The summed E-state index contributed by atoms with van der Waals surface area (Å²) in [5, 5.41) is 13.8. The second-order valence-corrected chi connectivity index (χ2v) is 5.73. The lowest BCUT2D eigenvalue weighted by molar-refractivity contribution is -0.136. The lowest BCUT2D eigenvalue weighted by Crippen LogP contribution is -2.25. The lowest BCUT2D eigenvalue weighted by atomic mass is 10.1. The molecule has 0 aliphatic carbocycles. The maximum absolute atomic E-state index is 12.4. The second kappa shape index (κ2) is 9.96. The first-order chi connectivity index (χ1) is 13.4. The van der Waals surface area contributed by atoms with E-state index in [1.54, 1.807) is 42.5 Å². The molecule has 8 heteroatoms. The van der Waals surface area contributed by atoms with Gasteiger partial charge in [-0.05, 0) is 49.4 Å². The number of anilines is 1. The Labute approximate surface area is 162 Å². The van der Waals surface area contributed by atoms with Crippen LogP contribution in [-0.4, -0.2) is 43.2 Å². The van der Waals surface area contributed by atoms with Crippen LogP contribution in [-0.2, 0) is 4.79 Å². The molecule has 0 heterocycles. The molecule has 28 heavy (non-hydrogen) atoms. The molecule has 0 radical (unpaired) electrons. The van der Waals surface area contributed by atoms with Crippen molar-refractivity contribution in [3.05, 3.63) is 53.6 Å². The van der Waals surface area contributed by atoms with Crippen LogP contribution in [0.5, 0.6) is 11.5 Å². The number of hydrogen-bond acceptors (Lipinski definition) is 5. The van der Waals surface area contributed by atoms with E-state index >= 15 is 0 Å². The summed E-state index contributed by atoms with van der Waals surface area (Å²) in [5.41, 5.74) is 1.28. The van der Waals surface area contributed by atoms with E-state index in [9.17, 15) is 14.4 Å². The number of amides is 2. The van der Waals surface area contributed by atoms with Gasteiger partial charge >= 0.3 is 5.97 Å². The first kappa shape index (κ1) is 20.8. The van der Waals surface area contributed by atoms with Crippen molar-refractivity contribution in [1.82, 2.24) is 5.32 Å². The molecule has 2 aromatic carbocycles. The normalized spacial score (nSPS) is 10.1. The van der Waals surface area contributed by atoms with E-state index in [-0.39, 0.29) is 24.8 Å². The van der Waals surface area contributed by atoms with Gasteiger partial charge in [-0.3, -0.25) is 14.4 Å². The van der Waals surface area contributed by atoms with Gasteiger partial charge < -0.3 is 25.2 Å². The highest BCUT2D eigenvalue weighted by atomic mass is 16.5. The molecular formula is C20H22N2O6. The standard InChI is InChI=1S/C20H22N2O6/c1-3-28-16-9-6-14(12-17(16)27-2)20(26)22-15-7-4-13(5-8-15)19(25)21-11-10-18(23)24/h4-9,12H,3,10-11H2,1-2H3,(H,21,25)(H,22,26)(H,23,24). The fourth-order valence-corrected chi connectivity index (χ4v) is 2.38. The Hall–Kier alpha value is -3.55. The molecule has 0 saturated heterocycles. The van der Waals surface area contributed by atoms with E-state index < -0.39 is 5.97 Å². The van der Waals surface area contributed by atoms with Gasteiger partial charge in [0.2, 0.25) is 0 Å². The Kier molecular flexibility index (Phi) is 7.38. The molecule has 8 nitrogen and oxygen atoms in total. The highest BCUT2D eigenvalue weighted by Crippen LogP contribution is 2.28. The number of benzene rings is 2. The zero-order valence-electron chi connectivity index (χ0n) is 15.7. The number of carboxylic acid groups (broad SMARTS) is 1. The summed E-state index contributed by atoms with van der Waals surface area (Å²) in [6.07, 6.45) is -0.147. The summed E-state index contributed by atoms with van der Waals surface area (Å²) in [4.78, 5) is 34.8. The van der Waals surface area contributed by atoms with E-state index in [2.05, 4.69) is 10.6 Å². The van der Waals surface area contributed by atoms with Crippen molar-refractivity contribution in [3.8, 4) is 11.5 Å². The van der Waals surface area contributed by atoms with E-state index in [0.29, 0.717) is 34.9 Å². The molecule has 2 amide bonds. The molecule has 0 atom stereocenters. The van der Waals surface area contributed by atoms with Crippen LogP contribution in [0, 0.1) is 0 Å². The molecule has 0 aromatic heterocycles. The molecule has 148 valence electrons. The third-order valence-corrected chi connectivity index (χ3v) is 3.76. The summed E-state index contributed by atoms with van der Waals surface area (Å²) in [5.74, 6) is -0.678. The van der Waals surface area contributed by atoms with Crippen LogP contribution >= 0.6 is 0 Å². The summed E-state index contributed by atoms with van der Waals surface area (Å²) >= 11 is 0. The Morgan fingerprint density at radius 2 is 1.64 bits per heavy atom. The highest BCUT2D eigenvalue weighted by molar-refractivity contribution is 6.05. The smallest absolute Gasteiger partial charge is 0.305 e. The quantitative estimate of drug-likeness (QED) is 0.610. The molecule has 2 rings (SSSR count). The minimum Gasteiger partial charge on any atom is -0.493 e. The summed E-state index contributed by atoms with van der Waals surface area (Å²) in [6, 6.07) is 11.2. The number of rotatable bonds is 9. The maximum atomic E-state index is 12.4. The van der Waals surface area contributed by atoms with Gasteiger partial charge in [0.25, 0.3) is 11.8 Å². The van der Waals surface area contributed by atoms with Crippen LogP contribution < -0.4 is 20.1 Å². The van der Waals surface area contributed by atoms with E-state index in [1.165, 1.54) is 7.11 Å². The Morgan fingerprint density at radius 1 is 0.964 bits per heavy atom. The van der Waals surface area contributed by atoms with Gasteiger partial charge in [0, 0.05) is 23.4 Å². The largest absolute Gasteiger partial charge is 0.493 e. The van der Waals surface area contributed by atoms with Crippen LogP contribution in [0.4, 0.5) is 5.69 Å². The number of ether oxygens (including phenoxy) is 2. The van der Waals surface area contributed by atoms with Gasteiger partial charge in [0.15, 0.2) is 11.5 Å². The van der Waals surface area contributed by atoms with Crippen molar-refractivity contribution in [2.75, 3.05) is 25.6 Å². The van der Waals surface area contributed by atoms with Crippen LogP contribution in [0.25, 0.3) is 0 Å². The van der Waals surface area contributed by atoms with Crippen LogP contribution in [0.1, 0.15) is 34.1 Å². The van der Waals surface area contributed by atoms with Crippen molar-refractivity contribution in [1.29, 1.82) is 0 Å². The van der Waals surface area contributed by atoms with E-state index in [0.717, 1.165) is 0 Å². The van der Waals surface area contributed by atoms with E-state index in [4.69, 9.17) is 14.6 Å². The van der Waals surface area contributed by atoms with Gasteiger partial charge in [-0.2, -0.15) is 0 Å². The van der Waals surface area contributed by atoms with Crippen LogP contribution in [0.3, 0.4) is 0 Å². The molecule has 0 unspecified atom stereocenters. The number of carboxylic acids is 1. The maximum Gasteiger partial charge on any atom is 0.305 e. The molecule has 0 fully saturated rings. The number of methoxy groups -OCH3 is 1. The molecule has 0 saturated carbocycles. The fraction of sp³-hybridized carbons (Fsp3) is 0.250. The third kappa shape index (κ3) is 5.73. The summed E-state index contributed by atoms with van der Waals surface area (Å²) in [7, 11) is 1.50. The first-order valence-corrected chi connectivity index (χ1v) is 8.66. The fourth-order valence-electron chi connectivity index (χ4n) is 2.38. The number of carbonyl (C=O) groups is 3. The molecule has 0 aliphatic rings. The minimum atomic E-state index is -0.982. The number of aliphatic carboxylic acids is 1. The number of hydrogen-bond donors (Lipinski definition) is 3. The summed E-state index contributed by atoms with van der Waals surface area (Å²) < 4.78 is 10.7. The molecule has 0 spiro atoms. The zero-order valence-corrected chi connectivity index (χ0v) is 15.7. The predicted molar refractivity (Wildman–Crippen MR) is 103 cm³/mol. The molecule has 0 aliphatic heterocycles. The van der Waals surface area contributed by atoms with Gasteiger partial charge in [-0.15, -0.1) is 0 Å². The van der Waals surface area contributed by atoms with Gasteiger partial charge in [-0.25, -0.2) is 0 Å². The third-order valence-electron chi connectivity index (χ3n) is 3.76. The van der Waals surface area contributed by atoms with Crippen molar-refractivity contribution < 1.29 is 29.0 Å². The summed E-state index contributed by atoms with van der Waals surface area (Å²) in [6.45, 7) is 2.39. The second-order valence-electron chi connectivity index (χ2n) is 5.73. The topological polar surface area (TPSA) is 114 Å². The first-order valence-electron chi connectivity index (χ1n) is 8.66. The van der Waals surface area contributed by atoms with Crippen molar-refractivity contribution in [2.45, 2.75) is 13.3 Å². The average Bonchev–Trinajstić information content (AvgIpc) is 2.68. The van der Waals surface area contributed by atoms with Crippen LogP contribution in [0.2, 0.25) is 0 Å². The van der Waals surface area contributed by atoms with Gasteiger partial charge in [0.1, 0.15) is 0 Å². The number of nitrogens with one attached hydrogen (secondary N) is 2. The Bertz CT molecular complexity index is 848. The van der Waals surface area contributed by atoms with Crippen molar-refractivity contribution in [3.63, 3.8) is 0 Å². The molecular weight excluding hydrogens is 364 g/mol. The molecule has 0 bridgehead atoms. The minimum absolute atomic E-state index is 0.0478. The van der Waals surface area contributed by atoms with Gasteiger partial charge in [-0.1, -0.05) is 0 Å². The monoisotopic (exact) mass is 386 g/mol. The molecule has 3 N–H and O–H groups in total.